The number of fused-ring (bicyclic) bond motifs is 3. The third-order valence-electron chi connectivity index (χ3n) is 4.83. The van der Waals surface area contributed by atoms with Gasteiger partial charge in [0, 0.05) is 15.9 Å². The minimum atomic E-state index is -0.749. The number of aryl methyl sites for hydroxylation is 1. The second-order valence-electron chi connectivity index (χ2n) is 6.50. The largest absolute Gasteiger partial charge is 0.449 e. The van der Waals surface area contributed by atoms with Crippen LogP contribution in [-0.4, -0.2) is 0 Å². The number of halogens is 1. The fourth-order valence-corrected chi connectivity index (χ4v) is 6.06. The summed E-state index contributed by atoms with van der Waals surface area (Å²) in [5, 5.41) is 3.76. The van der Waals surface area contributed by atoms with E-state index >= 15 is 0 Å². The maximum absolute atomic E-state index is 5.92. The van der Waals surface area contributed by atoms with Gasteiger partial charge in [0.2, 0.25) is 0 Å². The van der Waals surface area contributed by atoms with Gasteiger partial charge in [-0.25, -0.2) is 0 Å². The minimum absolute atomic E-state index is 0. The van der Waals surface area contributed by atoms with Crippen LogP contribution in [0.2, 0.25) is 0 Å². The summed E-state index contributed by atoms with van der Waals surface area (Å²) in [6, 6.07) is 17.0. The summed E-state index contributed by atoms with van der Waals surface area (Å²) in [4.78, 5) is 0. The number of benzene rings is 3. The highest BCUT2D eigenvalue weighted by molar-refractivity contribution is 7.80. The van der Waals surface area contributed by atoms with E-state index in [4.69, 9.17) is 14.2 Å². The normalized spacial score (nSPS) is 13.3. The van der Waals surface area contributed by atoms with Crippen molar-refractivity contribution in [3.63, 3.8) is 0 Å². The van der Waals surface area contributed by atoms with Crippen molar-refractivity contribution >= 4 is 36.2 Å². The van der Waals surface area contributed by atoms with E-state index in [1.165, 1.54) is 21.5 Å². The molecule has 0 spiro atoms. The summed E-state index contributed by atoms with van der Waals surface area (Å²) >= 11 is 0. The lowest BCUT2D eigenvalue weighted by Gasteiger charge is -2.16. The quantitative estimate of drug-likeness (QED) is 0.306. The van der Waals surface area contributed by atoms with Crippen LogP contribution in [0, 0.1) is 0 Å². The molecule has 3 nitrogen and oxygen atoms in total. The van der Waals surface area contributed by atoms with Crippen LogP contribution in [0.1, 0.15) is 18.9 Å². The second-order valence-corrected chi connectivity index (χ2v) is 8.62. The topological polar surface area (TPSA) is 37.6 Å². The van der Waals surface area contributed by atoms with Crippen molar-refractivity contribution in [3.8, 4) is 34.5 Å². The molecule has 5 heteroatoms. The van der Waals surface area contributed by atoms with Crippen molar-refractivity contribution in [2.75, 3.05) is 0 Å². The van der Waals surface area contributed by atoms with Gasteiger partial charge in [0.15, 0.2) is 34.5 Å². The van der Waals surface area contributed by atoms with Crippen molar-refractivity contribution in [2.24, 2.45) is 0 Å². The maximum atomic E-state index is 5.92. The molecule has 3 heterocycles. The first-order chi connectivity index (χ1) is 12.3. The fraction of sp³-hybridized carbons (Fsp3) is 0.143. The highest BCUT2D eigenvalue weighted by Crippen LogP contribution is 2.59. The Labute approximate surface area is 159 Å². The number of para-hydroxylation sites is 2. The smallest absolute Gasteiger partial charge is 0.178 e. The molecule has 3 aliphatic heterocycles. The lowest BCUT2D eigenvalue weighted by atomic mass is 10.1. The zero-order valence-electron chi connectivity index (χ0n) is 14.1. The zero-order valence-corrected chi connectivity index (χ0v) is 15.8. The number of rotatable bonds is 5. The van der Waals surface area contributed by atoms with Crippen LogP contribution in [0.3, 0.4) is 0 Å². The van der Waals surface area contributed by atoms with E-state index in [0.29, 0.717) is 0 Å². The average molecular weight is 383 g/mol. The molecule has 3 aliphatic rings. The number of hydrogen-bond donors (Lipinski definition) is 0. The van der Waals surface area contributed by atoms with Crippen LogP contribution >= 0.6 is 20.3 Å². The molecule has 6 rings (SSSR count). The van der Waals surface area contributed by atoms with E-state index in [1.54, 1.807) is 0 Å². The van der Waals surface area contributed by atoms with E-state index in [-0.39, 0.29) is 12.4 Å². The lowest BCUT2D eigenvalue weighted by Crippen LogP contribution is -2.18. The first kappa shape index (κ1) is 16.0. The van der Waals surface area contributed by atoms with Gasteiger partial charge in [0.1, 0.15) is 0 Å². The van der Waals surface area contributed by atoms with Gasteiger partial charge in [0.25, 0.3) is 0 Å². The molecule has 0 fully saturated rings. The zero-order chi connectivity index (χ0) is 16.5. The van der Waals surface area contributed by atoms with Gasteiger partial charge in [-0.15, -0.1) is 12.4 Å². The van der Waals surface area contributed by atoms with Crippen molar-refractivity contribution in [2.45, 2.75) is 19.8 Å². The Morgan fingerprint density at radius 1 is 0.692 bits per heavy atom. The van der Waals surface area contributed by atoms with E-state index < -0.39 is 7.92 Å². The molecule has 0 unspecified atom stereocenters. The second kappa shape index (κ2) is 5.64. The Hall–Kier alpha value is -2.22. The summed E-state index contributed by atoms with van der Waals surface area (Å²) in [6.45, 7) is 2.20. The molecule has 3 aromatic rings. The third-order valence-corrected chi connectivity index (χ3v) is 7.34. The monoisotopic (exact) mass is 382 g/mol. The highest BCUT2D eigenvalue weighted by Gasteiger charge is 2.40. The standard InChI is InChI=1S/C21H15O3P.ClH/c1-2-5-12-10-11-17(21-18(12)24-21)25(15-8-3-6-13-19(15)22-13)16-9-4-7-14-20(16)23-14;/h3-4,6-11H,2,5H2,1H3;1H. The first-order valence-corrected chi connectivity index (χ1v) is 9.95. The SMILES string of the molecule is CCCc1ccc(P(c2cccc3c2O3)c2cccc3c2O3)c2c1O2.Cl. The van der Waals surface area contributed by atoms with Crippen LogP contribution in [0.5, 0.6) is 34.5 Å². The Morgan fingerprint density at radius 3 is 1.92 bits per heavy atom. The van der Waals surface area contributed by atoms with Crippen LogP contribution < -0.4 is 30.1 Å². The van der Waals surface area contributed by atoms with Crippen molar-refractivity contribution in [3.05, 3.63) is 54.1 Å². The predicted octanol–water partition coefficient (Wildman–Crippen LogP) is 5.14. The Morgan fingerprint density at radius 2 is 1.31 bits per heavy atom. The first-order valence-electron chi connectivity index (χ1n) is 8.60. The molecule has 0 radical (unpaired) electrons. The van der Waals surface area contributed by atoms with Crippen molar-refractivity contribution < 1.29 is 14.2 Å². The third kappa shape index (κ3) is 2.31. The summed E-state index contributed by atoms with van der Waals surface area (Å²) in [6.07, 6.45) is 2.19. The predicted molar refractivity (Wildman–Crippen MR) is 107 cm³/mol. The molecule has 0 N–H and O–H groups in total. The van der Waals surface area contributed by atoms with E-state index in [1.807, 2.05) is 12.1 Å². The summed E-state index contributed by atoms with van der Waals surface area (Å²) in [7, 11) is -0.749. The Bertz CT molecular complexity index is 1010. The van der Waals surface area contributed by atoms with Gasteiger partial charge >= 0.3 is 0 Å². The highest BCUT2D eigenvalue weighted by atomic mass is 35.5. The molecule has 0 aromatic heterocycles. The van der Waals surface area contributed by atoms with Crippen LogP contribution in [0.4, 0.5) is 0 Å². The molecular weight excluding hydrogens is 367 g/mol. The van der Waals surface area contributed by atoms with E-state index in [9.17, 15) is 0 Å². The van der Waals surface area contributed by atoms with Crippen LogP contribution in [0.25, 0.3) is 0 Å². The molecule has 3 aromatic carbocycles. The van der Waals surface area contributed by atoms with E-state index in [0.717, 1.165) is 47.3 Å². The van der Waals surface area contributed by atoms with Crippen molar-refractivity contribution in [1.82, 2.24) is 0 Å². The number of ether oxygens (including phenoxy) is 3. The molecule has 0 saturated heterocycles. The molecule has 0 saturated carbocycles. The summed E-state index contributed by atoms with van der Waals surface area (Å²) in [5.74, 6) is 6.19. The molecule has 130 valence electrons. The van der Waals surface area contributed by atoms with Crippen LogP contribution in [0.15, 0.2) is 48.5 Å². The molecule has 26 heavy (non-hydrogen) atoms. The molecule has 0 amide bonds. The molecule has 0 atom stereocenters. The Balaban J connectivity index is 0.00000150. The maximum Gasteiger partial charge on any atom is 0.178 e. The van der Waals surface area contributed by atoms with Gasteiger partial charge in [0.05, 0.1) is 0 Å². The van der Waals surface area contributed by atoms with Gasteiger partial charge in [-0.2, -0.15) is 0 Å². The van der Waals surface area contributed by atoms with E-state index in [2.05, 4.69) is 43.3 Å². The Kier molecular flexibility index (Phi) is 3.47. The molecule has 0 aliphatic carbocycles. The molecular formula is C21H16ClO3P. The van der Waals surface area contributed by atoms with Gasteiger partial charge < -0.3 is 14.2 Å². The summed E-state index contributed by atoms with van der Waals surface area (Å²) < 4.78 is 17.3. The van der Waals surface area contributed by atoms with Crippen molar-refractivity contribution in [1.29, 1.82) is 0 Å². The van der Waals surface area contributed by atoms with Gasteiger partial charge in [-0.3, -0.25) is 0 Å². The minimum Gasteiger partial charge on any atom is -0.449 e. The summed E-state index contributed by atoms with van der Waals surface area (Å²) in [5.41, 5.74) is 1.32. The fourth-order valence-electron chi connectivity index (χ4n) is 3.52. The number of hydrogen-bond acceptors (Lipinski definition) is 3. The van der Waals surface area contributed by atoms with Gasteiger partial charge in [-0.05, 0) is 50.2 Å². The lowest BCUT2D eigenvalue weighted by molar-refractivity contribution is 0.644. The van der Waals surface area contributed by atoms with Gasteiger partial charge in [-0.1, -0.05) is 31.5 Å². The van der Waals surface area contributed by atoms with Crippen LogP contribution in [-0.2, 0) is 6.42 Å². The average Bonchev–Trinajstić information content (AvgIpc) is 3.50. The molecule has 0 bridgehead atoms.